The van der Waals surface area contributed by atoms with Crippen molar-refractivity contribution in [2.24, 2.45) is 0 Å². The first-order valence-electron chi connectivity index (χ1n) is 10.9. The molecule has 0 aromatic heterocycles. The number of ketones is 1. The highest BCUT2D eigenvalue weighted by Crippen LogP contribution is 2.32. The fourth-order valence-electron chi connectivity index (χ4n) is 3.81. The number of ether oxygens (including phenoxy) is 1. The highest BCUT2D eigenvalue weighted by Gasteiger charge is 2.24. The van der Waals surface area contributed by atoms with Crippen LogP contribution >= 0.6 is 0 Å². The summed E-state index contributed by atoms with van der Waals surface area (Å²) in [6.07, 6.45) is 0.205. The Morgan fingerprint density at radius 3 is 2.09 bits per heavy atom. The Kier molecular flexibility index (Phi) is 6.83. The van der Waals surface area contributed by atoms with Crippen LogP contribution in [-0.2, 0) is 22.7 Å². The van der Waals surface area contributed by atoms with Crippen molar-refractivity contribution in [3.63, 3.8) is 0 Å². The molecule has 6 nitrogen and oxygen atoms in total. The van der Waals surface area contributed by atoms with Gasteiger partial charge in [0, 0.05) is 38.5 Å². The monoisotopic (exact) mass is 442 g/mol. The van der Waals surface area contributed by atoms with Crippen molar-refractivity contribution in [1.29, 1.82) is 0 Å². The number of hydrogen-bond donors (Lipinski definition) is 0. The molecule has 168 valence electrons. The maximum Gasteiger partial charge on any atom is 0.264 e. The van der Waals surface area contributed by atoms with E-state index in [1.54, 1.807) is 30.1 Å². The van der Waals surface area contributed by atoms with Gasteiger partial charge in [-0.25, -0.2) is 0 Å². The molecule has 3 aromatic rings. The van der Waals surface area contributed by atoms with Gasteiger partial charge in [-0.2, -0.15) is 0 Å². The fraction of sp³-hybridized carbons (Fsp3) is 0.222. The van der Waals surface area contributed by atoms with Gasteiger partial charge < -0.3 is 14.5 Å². The van der Waals surface area contributed by atoms with E-state index in [2.05, 4.69) is 0 Å². The normalized spacial score (nSPS) is 12.6. The summed E-state index contributed by atoms with van der Waals surface area (Å²) in [4.78, 5) is 41.1. The van der Waals surface area contributed by atoms with E-state index in [1.807, 2.05) is 60.7 Å². The van der Waals surface area contributed by atoms with Gasteiger partial charge in [0.1, 0.15) is 5.75 Å². The number of fused-ring (bicyclic) bond motifs is 1. The maximum absolute atomic E-state index is 13.1. The molecule has 4 rings (SSSR count). The Hall–Kier alpha value is -3.93. The standard InChI is InChI=1S/C27H26N2O4/c1-28-23-16-22(12-14-25(23)33-19-27(28)32)24(30)13-15-26(31)29(17-20-8-4-2-5-9-20)18-21-10-6-3-7-11-21/h2-12,14,16H,13,15,17-19H2,1H3. The predicted octanol–water partition coefficient (Wildman–Crippen LogP) is 4.23. The molecule has 0 radical (unpaired) electrons. The van der Waals surface area contributed by atoms with Crippen molar-refractivity contribution in [3.8, 4) is 5.75 Å². The molecule has 0 bridgehead atoms. The molecule has 0 spiro atoms. The zero-order valence-electron chi connectivity index (χ0n) is 18.6. The second kappa shape index (κ2) is 10.1. The summed E-state index contributed by atoms with van der Waals surface area (Å²) >= 11 is 0. The number of carbonyl (C=O) groups is 3. The molecule has 6 heteroatoms. The third kappa shape index (κ3) is 5.47. The number of Topliss-reactive ketones (excluding diaryl/α,β-unsaturated/α-hetero) is 1. The average Bonchev–Trinajstić information content (AvgIpc) is 2.85. The molecular formula is C27H26N2O4. The van der Waals surface area contributed by atoms with E-state index < -0.39 is 0 Å². The second-order valence-electron chi connectivity index (χ2n) is 8.07. The van der Waals surface area contributed by atoms with Crippen molar-refractivity contribution < 1.29 is 19.1 Å². The summed E-state index contributed by atoms with van der Waals surface area (Å²) in [5.74, 6) is 0.183. The van der Waals surface area contributed by atoms with Crippen molar-refractivity contribution in [2.45, 2.75) is 25.9 Å². The molecule has 1 aliphatic rings. The quantitative estimate of drug-likeness (QED) is 0.490. The molecule has 0 atom stereocenters. The molecular weight excluding hydrogens is 416 g/mol. The van der Waals surface area contributed by atoms with E-state index in [4.69, 9.17) is 4.74 Å². The molecule has 1 heterocycles. The lowest BCUT2D eigenvalue weighted by Gasteiger charge is -2.26. The van der Waals surface area contributed by atoms with Crippen molar-refractivity contribution in [1.82, 2.24) is 4.90 Å². The zero-order valence-corrected chi connectivity index (χ0v) is 18.6. The Morgan fingerprint density at radius 1 is 0.879 bits per heavy atom. The summed E-state index contributed by atoms with van der Waals surface area (Å²) in [5.41, 5.74) is 3.11. The van der Waals surface area contributed by atoms with Crippen molar-refractivity contribution in [2.75, 3.05) is 18.6 Å². The first-order chi connectivity index (χ1) is 16.0. The first kappa shape index (κ1) is 22.3. The van der Waals surface area contributed by atoms with Gasteiger partial charge in [-0.05, 0) is 29.3 Å². The van der Waals surface area contributed by atoms with Gasteiger partial charge in [-0.1, -0.05) is 60.7 Å². The Labute approximate surface area is 193 Å². The maximum atomic E-state index is 13.1. The van der Waals surface area contributed by atoms with E-state index in [1.165, 1.54) is 4.90 Å². The SMILES string of the molecule is CN1C(=O)COc2ccc(C(=O)CCC(=O)N(Cc3ccccc3)Cc3ccccc3)cc21. The minimum absolute atomic E-state index is 0.00996. The van der Waals surface area contributed by atoms with Crippen LogP contribution in [0.4, 0.5) is 5.69 Å². The lowest BCUT2D eigenvalue weighted by Crippen LogP contribution is -2.35. The van der Waals surface area contributed by atoms with Crippen LogP contribution in [0, 0.1) is 0 Å². The van der Waals surface area contributed by atoms with Crippen LogP contribution in [0.3, 0.4) is 0 Å². The summed E-state index contributed by atoms with van der Waals surface area (Å²) in [7, 11) is 1.66. The summed E-state index contributed by atoms with van der Waals surface area (Å²) < 4.78 is 5.42. The Bertz CT molecular complexity index is 1100. The van der Waals surface area contributed by atoms with E-state index in [9.17, 15) is 14.4 Å². The molecule has 33 heavy (non-hydrogen) atoms. The second-order valence-corrected chi connectivity index (χ2v) is 8.07. The Morgan fingerprint density at radius 2 is 1.48 bits per heavy atom. The largest absolute Gasteiger partial charge is 0.482 e. The highest BCUT2D eigenvalue weighted by molar-refractivity contribution is 6.02. The van der Waals surface area contributed by atoms with Crippen LogP contribution in [0.1, 0.15) is 34.3 Å². The lowest BCUT2D eigenvalue weighted by atomic mass is 10.0. The molecule has 0 unspecified atom stereocenters. The number of nitrogens with zero attached hydrogens (tertiary/aromatic N) is 2. The van der Waals surface area contributed by atoms with Gasteiger partial charge in [-0.15, -0.1) is 0 Å². The molecule has 0 aliphatic carbocycles. The fourth-order valence-corrected chi connectivity index (χ4v) is 3.81. The molecule has 0 saturated heterocycles. The first-order valence-corrected chi connectivity index (χ1v) is 10.9. The number of carbonyl (C=O) groups excluding carboxylic acids is 3. The van der Waals surface area contributed by atoms with Crippen LogP contribution in [-0.4, -0.2) is 36.2 Å². The van der Waals surface area contributed by atoms with Crippen LogP contribution < -0.4 is 9.64 Å². The topological polar surface area (TPSA) is 66.9 Å². The number of anilines is 1. The van der Waals surface area contributed by atoms with Gasteiger partial charge in [0.05, 0.1) is 5.69 Å². The van der Waals surface area contributed by atoms with E-state index >= 15 is 0 Å². The summed E-state index contributed by atoms with van der Waals surface area (Å²) in [5, 5.41) is 0. The van der Waals surface area contributed by atoms with Gasteiger partial charge in [0.25, 0.3) is 5.91 Å². The van der Waals surface area contributed by atoms with Crippen LogP contribution in [0.5, 0.6) is 5.75 Å². The molecule has 0 fully saturated rings. The van der Waals surface area contributed by atoms with Crippen LogP contribution in [0.2, 0.25) is 0 Å². The van der Waals surface area contributed by atoms with E-state index in [0.717, 1.165) is 11.1 Å². The minimum Gasteiger partial charge on any atom is -0.482 e. The molecule has 2 amide bonds. The molecule has 0 saturated carbocycles. The van der Waals surface area contributed by atoms with Gasteiger partial charge in [0.15, 0.2) is 12.4 Å². The molecule has 0 N–H and O–H groups in total. The third-order valence-corrected chi connectivity index (χ3v) is 5.72. The highest BCUT2D eigenvalue weighted by atomic mass is 16.5. The molecule has 3 aromatic carbocycles. The van der Waals surface area contributed by atoms with Gasteiger partial charge in [-0.3, -0.25) is 14.4 Å². The van der Waals surface area contributed by atoms with Crippen LogP contribution in [0.25, 0.3) is 0 Å². The van der Waals surface area contributed by atoms with Crippen LogP contribution in [0.15, 0.2) is 78.9 Å². The van der Waals surface area contributed by atoms with Crippen molar-refractivity contribution >= 4 is 23.3 Å². The summed E-state index contributed by atoms with van der Waals surface area (Å²) in [6, 6.07) is 24.7. The zero-order chi connectivity index (χ0) is 23.2. The number of amides is 2. The smallest absolute Gasteiger partial charge is 0.264 e. The third-order valence-electron chi connectivity index (χ3n) is 5.72. The number of likely N-dealkylation sites (N-methyl/N-ethyl adjacent to an activating group) is 1. The predicted molar refractivity (Wildman–Crippen MR) is 126 cm³/mol. The Balaban J connectivity index is 1.44. The number of rotatable bonds is 8. The molecule has 1 aliphatic heterocycles. The van der Waals surface area contributed by atoms with E-state index in [0.29, 0.717) is 30.1 Å². The minimum atomic E-state index is -0.167. The summed E-state index contributed by atoms with van der Waals surface area (Å²) in [6.45, 7) is 0.946. The van der Waals surface area contributed by atoms with Crippen molar-refractivity contribution in [3.05, 3.63) is 95.6 Å². The number of benzene rings is 3. The lowest BCUT2D eigenvalue weighted by molar-refractivity contribution is -0.132. The number of hydrogen-bond acceptors (Lipinski definition) is 4. The average molecular weight is 443 g/mol. The van der Waals surface area contributed by atoms with Gasteiger partial charge in [0.2, 0.25) is 5.91 Å². The van der Waals surface area contributed by atoms with E-state index in [-0.39, 0.29) is 37.0 Å². The van der Waals surface area contributed by atoms with Gasteiger partial charge >= 0.3 is 0 Å².